The van der Waals surface area contributed by atoms with Gasteiger partial charge in [0.15, 0.2) is 5.58 Å². The number of anilines is 1. The molecule has 8 nitrogen and oxygen atoms in total. The average molecular weight is 468 g/mol. The number of oxazole rings is 1. The Bertz CT molecular complexity index is 1140. The maximum Gasteiger partial charge on any atom is 0.257 e. The highest BCUT2D eigenvalue weighted by molar-refractivity contribution is 7.99. The Kier molecular flexibility index (Phi) is 6.30. The van der Waals surface area contributed by atoms with Crippen LogP contribution in [0, 0.1) is 0 Å². The van der Waals surface area contributed by atoms with E-state index in [0.717, 1.165) is 17.3 Å². The predicted octanol–water partition coefficient (Wildman–Crippen LogP) is 3.23. The molecular formula is C19H18ClN3O5S2. The fraction of sp³-hybridized carbons (Fsp3) is 0.263. The molecule has 30 heavy (non-hydrogen) atoms. The monoisotopic (exact) mass is 467 g/mol. The molecule has 1 amide bonds. The second-order valence-electron chi connectivity index (χ2n) is 6.45. The average Bonchev–Trinajstić information content (AvgIpc) is 3.17. The molecule has 11 heteroatoms. The summed E-state index contributed by atoms with van der Waals surface area (Å²) < 4.78 is 37.9. The number of fused-ring (bicyclic) bond motifs is 1. The number of hydrogen-bond acceptors (Lipinski definition) is 7. The fourth-order valence-corrected chi connectivity index (χ4v) is 5.49. The second-order valence-corrected chi connectivity index (χ2v) is 9.69. The molecule has 1 saturated heterocycles. The minimum Gasteiger partial charge on any atom is -0.431 e. The number of rotatable bonds is 6. The largest absolute Gasteiger partial charge is 0.431 e. The normalized spacial score (nSPS) is 15.4. The summed E-state index contributed by atoms with van der Waals surface area (Å²) in [6.45, 7) is 1.19. The highest BCUT2D eigenvalue weighted by Gasteiger charge is 2.28. The molecule has 0 aliphatic carbocycles. The van der Waals surface area contributed by atoms with Crippen LogP contribution < -0.4 is 5.32 Å². The summed E-state index contributed by atoms with van der Waals surface area (Å²) in [7, 11) is -3.78. The van der Waals surface area contributed by atoms with Gasteiger partial charge in [0.25, 0.3) is 5.22 Å². The van der Waals surface area contributed by atoms with Gasteiger partial charge in [-0.2, -0.15) is 4.31 Å². The molecule has 1 aromatic heterocycles. The molecule has 158 valence electrons. The molecule has 0 saturated carbocycles. The quantitative estimate of drug-likeness (QED) is 0.555. The summed E-state index contributed by atoms with van der Waals surface area (Å²) in [5, 5.41) is 3.18. The summed E-state index contributed by atoms with van der Waals surface area (Å²) in [5.74, 6) is -0.264. The number of carbonyl (C=O) groups is 1. The highest BCUT2D eigenvalue weighted by atomic mass is 35.5. The van der Waals surface area contributed by atoms with Crippen molar-refractivity contribution < 1.29 is 22.4 Å². The van der Waals surface area contributed by atoms with E-state index >= 15 is 0 Å². The number of para-hydroxylation sites is 2. The number of nitrogens with zero attached hydrogens (tertiary/aromatic N) is 2. The van der Waals surface area contributed by atoms with Crippen LogP contribution in [0.2, 0.25) is 5.02 Å². The summed E-state index contributed by atoms with van der Waals surface area (Å²) in [6, 6.07) is 11.7. The van der Waals surface area contributed by atoms with Crippen LogP contribution in [0.3, 0.4) is 0 Å². The Hall–Kier alpha value is -2.11. The van der Waals surface area contributed by atoms with Crippen molar-refractivity contribution in [3.05, 3.63) is 47.5 Å². The Morgan fingerprint density at radius 1 is 1.20 bits per heavy atom. The molecule has 0 unspecified atom stereocenters. The minimum absolute atomic E-state index is 0.0459. The molecule has 1 aliphatic rings. The van der Waals surface area contributed by atoms with Gasteiger partial charge >= 0.3 is 0 Å². The Morgan fingerprint density at radius 2 is 1.97 bits per heavy atom. The number of nitrogens with one attached hydrogen (secondary N) is 1. The molecule has 1 N–H and O–H groups in total. The Labute approximate surface area is 182 Å². The van der Waals surface area contributed by atoms with Gasteiger partial charge in [-0.1, -0.05) is 35.5 Å². The van der Waals surface area contributed by atoms with E-state index in [1.54, 1.807) is 12.1 Å². The fourth-order valence-electron chi connectivity index (χ4n) is 2.94. The number of sulfonamides is 1. The maximum atomic E-state index is 12.9. The van der Waals surface area contributed by atoms with Gasteiger partial charge in [0.05, 0.1) is 24.0 Å². The smallest absolute Gasteiger partial charge is 0.257 e. The molecule has 2 heterocycles. The first-order valence-electron chi connectivity index (χ1n) is 9.09. The third kappa shape index (κ3) is 4.62. The van der Waals surface area contributed by atoms with Crippen LogP contribution in [0.1, 0.15) is 0 Å². The van der Waals surface area contributed by atoms with E-state index in [1.807, 2.05) is 18.2 Å². The van der Waals surface area contributed by atoms with Gasteiger partial charge < -0.3 is 14.5 Å². The van der Waals surface area contributed by atoms with Gasteiger partial charge in [0.1, 0.15) is 10.4 Å². The van der Waals surface area contributed by atoms with Crippen molar-refractivity contribution in [3.8, 4) is 0 Å². The summed E-state index contributed by atoms with van der Waals surface area (Å²) >= 11 is 7.29. The number of ether oxygens (including phenoxy) is 1. The molecule has 0 bridgehead atoms. The highest BCUT2D eigenvalue weighted by Crippen LogP contribution is 2.29. The number of hydrogen-bond donors (Lipinski definition) is 1. The zero-order valence-corrected chi connectivity index (χ0v) is 18.1. The molecule has 4 rings (SSSR count). The lowest BCUT2D eigenvalue weighted by molar-refractivity contribution is -0.113. The Morgan fingerprint density at radius 3 is 2.73 bits per heavy atom. The van der Waals surface area contributed by atoms with Crippen molar-refractivity contribution in [1.82, 2.24) is 9.29 Å². The zero-order chi connectivity index (χ0) is 21.1. The lowest BCUT2D eigenvalue weighted by atomic mass is 10.3. The van der Waals surface area contributed by atoms with Crippen molar-refractivity contribution in [2.45, 2.75) is 10.1 Å². The molecule has 0 atom stereocenters. The SMILES string of the molecule is O=C(CSc1nc2ccccc2o1)Nc1ccc(Cl)c(S(=O)(=O)N2CCOCC2)c1. The number of thioether (sulfide) groups is 1. The van der Waals surface area contributed by atoms with E-state index in [2.05, 4.69) is 10.3 Å². The van der Waals surface area contributed by atoms with Gasteiger partial charge in [0, 0.05) is 18.8 Å². The van der Waals surface area contributed by atoms with Gasteiger partial charge in [-0.25, -0.2) is 13.4 Å². The van der Waals surface area contributed by atoms with Crippen LogP contribution in [-0.2, 0) is 19.6 Å². The first-order chi connectivity index (χ1) is 14.4. The number of aromatic nitrogens is 1. The topological polar surface area (TPSA) is 102 Å². The van der Waals surface area contributed by atoms with E-state index in [9.17, 15) is 13.2 Å². The van der Waals surface area contributed by atoms with E-state index < -0.39 is 10.0 Å². The van der Waals surface area contributed by atoms with Gasteiger partial charge in [-0.15, -0.1) is 0 Å². The van der Waals surface area contributed by atoms with Gasteiger partial charge in [0.2, 0.25) is 15.9 Å². The number of benzene rings is 2. The predicted molar refractivity (Wildman–Crippen MR) is 114 cm³/mol. The van der Waals surface area contributed by atoms with Gasteiger partial charge in [-0.05, 0) is 30.3 Å². The van der Waals surface area contributed by atoms with Crippen molar-refractivity contribution >= 4 is 56.1 Å². The van der Waals surface area contributed by atoms with Crippen molar-refractivity contribution in [1.29, 1.82) is 0 Å². The Balaban J connectivity index is 1.44. The minimum atomic E-state index is -3.78. The number of carbonyl (C=O) groups excluding carboxylic acids is 1. The van der Waals surface area contributed by atoms with Crippen LogP contribution in [0.5, 0.6) is 0 Å². The van der Waals surface area contributed by atoms with Crippen LogP contribution in [0.15, 0.2) is 57.0 Å². The van der Waals surface area contributed by atoms with E-state index in [4.69, 9.17) is 20.8 Å². The van der Waals surface area contributed by atoms with E-state index in [0.29, 0.717) is 29.7 Å². The molecule has 0 radical (unpaired) electrons. The van der Waals surface area contributed by atoms with Crippen LogP contribution >= 0.6 is 23.4 Å². The molecule has 3 aromatic rings. The first kappa shape index (κ1) is 21.1. The van der Waals surface area contributed by atoms with Crippen molar-refractivity contribution in [2.75, 3.05) is 37.4 Å². The lowest BCUT2D eigenvalue weighted by Gasteiger charge is -2.26. The van der Waals surface area contributed by atoms with E-state index in [-0.39, 0.29) is 34.7 Å². The number of halogens is 1. The third-order valence-electron chi connectivity index (χ3n) is 4.40. The van der Waals surface area contributed by atoms with E-state index in [1.165, 1.54) is 16.4 Å². The molecule has 1 aliphatic heterocycles. The standard InChI is InChI=1S/C19H18ClN3O5S2/c20-14-6-5-13(11-17(14)30(25,26)23-7-9-27-10-8-23)21-18(24)12-29-19-22-15-3-1-2-4-16(15)28-19/h1-6,11H,7-10,12H2,(H,21,24). The van der Waals surface area contributed by atoms with Crippen LogP contribution in [0.4, 0.5) is 5.69 Å². The summed E-state index contributed by atoms with van der Waals surface area (Å²) in [4.78, 5) is 16.6. The van der Waals surface area contributed by atoms with Gasteiger partial charge in [-0.3, -0.25) is 4.79 Å². The summed E-state index contributed by atoms with van der Waals surface area (Å²) in [5.41, 5.74) is 1.71. The molecular weight excluding hydrogens is 450 g/mol. The number of amides is 1. The van der Waals surface area contributed by atoms with Crippen molar-refractivity contribution in [2.24, 2.45) is 0 Å². The third-order valence-corrected chi connectivity index (χ3v) is 7.61. The second kappa shape index (κ2) is 8.94. The van der Waals surface area contributed by atoms with Crippen LogP contribution in [-0.4, -0.2) is 55.7 Å². The molecule has 2 aromatic carbocycles. The first-order valence-corrected chi connectivity index (χ1v) is 11.9. The number of morpholine rings is 1. The summed E-state index contributed by atoms with van der Waals surface area (Å²) in [6.07, 6.45) is 0. The lowest BCUT2D eigenvalue weighted by Crippen LogP contribution is -2.40. The maximum absolute atomic E-state index is 12.9. The molecule has 0 spiro atoms. The van der Waals surface area contributed by atoms with Crippen LogP contribution in [0.25, 0.3) is 11.1 Å². The molecule has 1 fully saturated rings. The van der Waals surface area contributed by atoms with Crippen molar-refractivity contribution in [3.63, 3.8) is 0 Å². The zero-order valence-electron chi connectivity index (χ0n) is 15.7.